The molecule has 0 aliphatic rings. The molecule has 0 fully saturated rings. The second-order valence-corrected chi connectivity index (χ2v) is 8.26. The quantitative estimate of drug-likeness (QED) is 0.622. The third-order valence-electron chi connectivity index (χ3n) is 4.96. The number of nitrogens with one attached hydrogen (secondary N) is 1. The Balaban J connectivity index is 2.27. The molecule has 2 amide bonds. The highest BCUT2D eigenvalue weighted by molar-refractivity contribution is 6.35. The number of nitrogens with zero attached hydrogens (tertiary/aromatic N) is 1. The molecule has 0 radical (unpaired) electrons. The Bertz CT molecular complexity index is 870. The van der Waals surface area contributed by atoms with Crippen molar-refractivity contribution in [3.05, 3.63) is 69.2 Å². The highest BCUT2D eigenvalue weighted by Crippen LogP contribution is 2.23. The predicted octanol–water partition coefficient (Wildman–Crippen LogP) is 5.18. The van der Waals surface area contributed by atoms with Crippen LogP contribution >= 0.6 is 23.2 Å². The summed E-state index contributed by atoms with van der Waals surface area (Å²) in [6.07, 6.45) is 1.03. The number of carbonyl (C=O) groups excluding carboxylic acids is 2. The largest absolute Gasteiger partial charge is 0.352 e. The summed E-state index contributed by atoms with van der Waals surface area (Å²) in [6, 6.07) is 12.4. The molecule has 0 saturated heterocycles. The standard InChI is InChI=1S/C23H28Cl2N2O2/c1-5-16(3)26-23(29)17(4)27(14-19-9-10-20(24)13-21(19)25)22(28)12-18-8-6-7-15(2)11-18/h6-11,13,16-17H,5,12,14H2,1-4H3,(H,26,29)/t16-,17-/m1/s1. The molecule has 4 nitrogen and oxygen atoms in total. The van der Waals surface area contributed by atoms with Crippen molar-refractivity contribution >= 4 is 35.0 Å². The summed E-state index contributed by atoms with van der Waals surface area (Å²) in [6.45, 7) is 7.91. The van der Waals surface area contributed by atoms with E-state index in [0.29, 0.717) is 10.0 Å². The fourth-order valence-electron chi connectivity index (χ4n) is 2.98. The molecule has 0 aliphatic carbocycles. The van der Waals surface area contributed by atoms with Gasteiger partial charge in [-0.2, -0.15) is 0 Å². The third kappa shape index (κ3) is 6.76. The Morgan fingerprint density at radius 2 is 1.83 bits per heavy atom. The number of aryl methyl sites for hydroxylation is 1. The van der Waals surface area contributed by atoms with Crippen molar-refractivity contribution in [2.45, 2.75) is 59.2 Å². The van der Waals surface area contributed by atoms with E-state index in [-0.39, 0.29) is 30.8 Å². The summed E-state index contributed by atoms with van der Waals surface area (Å²) in [5, 5.41) is 3.96. The van der Waals surface area contributed by atoms with Gasteiger partial charge in [0.1, 0.15) is 6.04 Å². The van der Waals surface area contributed by atoms with E-state index in [9.17, 15) is 9.59 Å². The number of halogens is 2. The number of amides is 2. The summed E-state index contributed by atoms with van der Waals surface area (Å²) in [7, 11) is 0. The van der Waals surface area contributed by atoms with Crippen molar-refractivity contribution in [2.24, 2.45) is 0 Å². The van der Waals surface area contributed by atoms with Crippen molar-refractivity contribution in [1.29, 1.82) is 0 Å². The van der Waals surface area contributed by atoms with E-state index in [1.54, 1.807) is 30.0 Å². The number of hydrogen-bond acceptors (Lipinski definition) is 2. The lowest BCUT2D eigenvalue weighted by Crippen LogP contribution is -2.49. The second-order valence-electron chi connectivity index (χ2n) is 7.42. The average Bonchev–Trinajstić information content (AvgIpc) is 2.66. The molecule has 0 unspecified atom stereocenters. The Hall–Kier alpha value is -2.04. The van der Waals surface area contributed by atoms with E-state index in [1.165, 1.54) is 0 Å². The summed E-state index contributed by atoms with van der Waals surface area (Å²) >= 11 is 12.3. The Morgan fingerprint density at radius 1 is 1.10 bits per heavy atom. The summed E-state index contributed by atoms with van der Waals surface area (Å²) in [5.74, 6) is -0.310. The molecule has 0 bridgehead atoms. The lowest BCUT2D eigenvalue weighted by molar-refractivity contribution is -0.140. The smallest absolute Gasteiger partial charge is 0.242 e. The van der Waals surface area contributed by atoms with E-state index in [0.717, 1.165) is 23.1 Å². The topological polar surface area (TPSA) is 49.4 Å². The van der Waals surface area contributed by atoms with Gasteiger partial charge < -0.3 is 10.2 Å². The molecule has 2 aromatic rings. The van der Waals surface area contributed by atoms with Crippen molar-refractivity contribution in [2.75, 3.05) is 0 Å². The first-order valence-electron chi connectivity index (χ1n) is 9.80. The van der Waals surface area contributed by atoms with Crippen LogP contribution in [0, 0.1) is 6.92 Å². The zero-order valence-corrected chi connectivity index (χ0v) is 18.8. The van der Waals surface area contributed by atoms with Gasteiger partial charge >= 0.3 is 0 Å². The fourth-order valence-corrected chi connectivity index (χ4v) is 3.45. The molecule has 156 valence electrons. The van der Waals surface area contributed by atoms with Crippen molar-refractivity contribution in [1.82, 2.24) is 10.2 Å². The van der Waals surface area contributed by atoms with Crippen LogP contribution in [0.15, 0.2) is 42.5 Å². The van der Waals surface area contributed by atoms with E-state index in [1.807, 2.05) is 45.0 Å². The molecular weight excluding hydrogens is 407 g/mol. The molecule has 29 heavy (non-hydrogen) atoms. The summed E-state index contributed by atoms with van der Waals surface area (Å²) in [5.41, 5.74) is 2.75. The molecule has 6 heteroatoms. The molecule has 2 aromatic carbocycles. The number of benzene rings is 2. The number of carbonyl (C=O) groups is 2. The molecule has 0 saturated carbocycles. The highest BCUT2D eigenvalue weighted by atomic mass is 35.5. The first kappa shape index (κ1) is 23.2. The lowest BCUT2D eigenvalue weighted by atomic mass is 10.1. The number of hydrogen-bond donors (Lipinski definition) is 1. The van der Waals surface area contributed by atoms with Gasteiger partial charge in [-0.15, -0.1) is 0 Å². The third-order valence-corrected chi connectivity index (χ3v) is 5.55. The predicted molar refractivity (Wildman–Crippen MR) is 119 cm³/mol. The van der Waals surface area contributed by atoms with Crippen molar-refractivity contribution in [3.8, 4) is 0 Å². The van der Waals surface area contributed by atoms with Gasteiger partial charge in [-0.25, -0.2) is 0 Å². The van der Waals surface area contributed by atoms with Crippen LogP contribution < -0.4 is 5.32 Å². The molecule has 2 atom stereocenters. The normalized spacial score (nSPS) is 12.9. The van der Waals surface area contributed by atoms with E-state index in [4.69, 9.17) is 23.2 Å². The van der Waals surface area contributed by atoms with Crippen LogP contribution in [-0.4, -0.2) is 28.8 Å². The van der Waals surface area contributed by atoms with Crippen LogP contribution in [0.2, 0.25) is 10.0 Å². The average molecular weight is 435 g/mol. The SMILES string of the molecule is CC[C@@H](C)NC(=O)[C@@H](C)N(Cc1ccc(Cl)cc1Cl)C(=O)Cc1cccc(C)c1. The summed E-state index contributed by atoms with van der Waals surface area (Å²) in [4.78, 5) is 27.5. The minimum absolute atomic E-state index is 0.0396. The van der Waals surface area contributed by atoms with Crippen LogP contribution in [-0.2, 0) is 22.6 Å². The van der Waals surface area contributed by atoms with Gasteiger partial charge in [-0.05, 0) is 50.5 Å². The van der Waals surface area contributed by atoms with E-state index >= 15 is 0 Å². The molecule has 0 spiro atoms. The zero-order chi connectivity index (χ0) is 21.6. The second kappa shape index (κ2) is 10.7. The van der Waals surface area contributed by atoms with Gasteiger partial charge in [0.2, 0.25) is 11.8 Å². The van der Waals surface area contributed by atoms with Crippen LogP contribution in [0.25, 0.3) is 0 Å². The lowest BCUT2D eigenvalue weighted by Gasteiger charge is -2.30. The maximum atomic E-state index is 13.2. The molecule has 2 rings (SSSR count). The Labute approximate surface area is 183 Å². The minimum Gasteiger partial charge on any atom is -0.352 e. The van der Waals surface area contributed by atoms with Crippen molar-refractivity contribution < 1.29 is 9.59 Å². The van der Waals surface area contributed by atoms with Gasteiger partial charge in [0.05, 0.1) is 6.42 Å². The first-order chi connectivity index (χ1) is 13.7. The van der Waals surface area contributed by atoms with Gasteiger partial charge in [0, 0.05) is 22.6 Å². The number of rotatable bonds is 8. The van der Waals surface area contributed by atoms with Gasteiger partial charge in [-0.1, -0.05) is 66.0 Å². The maximum absolute atomic E-state index is 13.2. The molecule has 0 heterocycles. The Kier molecular flexibility index (Phi) is 8.54. The maximum Gasteiger partial charge on any atom is 0.242 e. The van der Waals surface area contributed by atoms with Crippen molar-refractivity contribution in [3.63, 3.8) is 0 Å². The van der Waals surface area contributed by atoms with Gasteiger partial charge in [0.25, 0.3) is 0 Å². The van der Waals surface area contributed by atoms with Gasteiger partial charge in [-0.3, -0.25) is 9.59 Å². The highest BCUT2D eigenvalue weighted by Gasteiger charge is 2.27. The Morgan fingerprint density at radius 3 is 2.45 bits per heavy atom. The molecule has 0 aliphatic heterocycles. The van der Waals surface area contributed by atoms with Crippen LogP contribution in [0.3, 0.4) is 0 Å². The van der Waals surface area contributed by atoms with Crippen LogP contribution in [0.4, 0.5) is 0 Å². The van der Waals surface area contributed by atoms with E-state index in [2.05, 4.69) is 5.32 Å². The monoisotopic (exact) mass is 434 g/mol. The molecule has 1 N–H and O–H groups in total. The van der Waals surface area contributed by atoms with E-state index < -0.39 is 6.04 Å². The van der Waals surface area contributed by atoms with Crippen LogP contribution in [0.5, 0.6) is 0 Å². The van der Waals surface area contributed by atoms with Crippen LogP contribution in [0.1, 0.15) is 43.9 Å². The summed E-state index contributed by atoms with van der Waals surface area (Å²) < 4.78 is 0. The molecular formula is C23H28Cl2N2O2. The zero-order valence-electron chi connectivity index (χ0n) is 17.3. The first-order valence-corrected chi connectivity index (χ1v) is 10.6. The van der Waals surface area contributed by atoms with Gasteiger partial charge in [0.15, 0.2) is 0 Å². The molecule has 0 aromatic heterocycles. The minimum atomic E-state index is -0.631. The fraction of sp³-hybridized carbons (Fsp3) is 0.391.